The molecule has 0 aromatic heterocycles. The number of nitro benzene ring substituents is 1. The fourth-order valence-corrected chi connectivity index (χ4v) is 3.96. The van der Waals surface area contributed by atoms with Crippen molar-refractivity contribution >= 4 is 17.5 Å². The lowest BCUT2D eigenvalue weighted by Gasteiger charge is -2.31. The van der Waals surface area contributed by atoms with E-state index in [1.54, 1.807) is 23.1 Å². The number of aryl methyl sites for hydroxylation is 1. The van der Waals surface area contributed by atoms with Crippen LogP contribution in [0.3, 0.4) is 0 Å². The molecular weight excluding hydrogens is 430 g/mol. The molecule has 3 aromatic carbocycles. The van der Waals surface area contributed by atoms with Crippen molar-refractivity contribution in [2.24, 2.45) is 0 Å². The van der Waals surface area contributed by atoms with Crippen LogP contribution in [0.1, 0.15) is 29.2 Å². The second-order valence-corrected chi connectivity index (χ2v) is 8.17. The molecule has 1 atom stereocenters. The summed E-state index contributed by atoms with van der Waals surface area (Å²) in [7, 11) is 0. The highest BCUT2D eigenvalue weighted by Gasteiger charge is 2.31. The van der Waals surface area contributed by atoms with Gasteiger partial charge in [0.2, 0.25) is 11.8 Å². The van der Waals surface area contributed by atoms with Gasteiger partial charge in [0.1, 0.15) is 6.04 Å². The van der Waals surface area contributed by atoms with Gasteiger partial charge in [-0.15, -0.1) is 0 Å². The number of rotatable bonds is 10. The molecule has 3 aromatic rings. The van der Waals surface area contributed by atoms with Crippen LogP contribution in [-0.4, -0.2) is 34.2 Å². The van der Waals surface area contributed by atoms with Crippen LogP contribution in [0.4, 0.5) is 5.69 Å². The second kappa shape index (κ2) is 11.7. The third-order valence-corrected chi connectivity index (χ3v) is 5.59. The Morgan fingerprint density at radius 2 is 1.65 bits per heavy atom. The van der Waals surface area contributed by atoms with Crippen molar-refractivity contribution in [3.05, 3.63) is 111 Å². The Morgan fingerprint density at radius 1 is 0.971 bits per heavy atom. The van der Waals surface area contributed by atoms with Crippen LogP contribution >= 0.6 is 0 Å². The minimum atomic E-state index is -0.766. The minimum absolute atomic E-state index is 0.107. The van der Waals surface area contributed by atoms with Crippen molar-refractivity contribution in [3.8, 4) is 0 Å². The predicted octanol–water partition coefficient (Wildman–Crippen LogP) is 4.22. The van der Waals surface area contributed by atoms with Gasteiger partial charge in [0, 0.05) is 31.1 Å². The molecule has 0 aliphatic carbocycles. The van der Waals surface area contributed by atoms with Crippen LogP contribution < -0.4 is 5.32 Å². The molecule has 0 aliphatic rings. The summed E-state index contributed by atoms with van der Waals surface area (Å²) in [5.41, 5.74) is 3.07. The predicted molar refractivity (Wildman–Crippen MR) is 131 cm³/mol. The number of benzene rings is 3. The molecule has 0 aliphatic heterocycles. The van der Waals surface area contributed by atoms with Gasteiger partial charge in [-0.05, 0) is 25.0 Å². The third-order valence-electron chi connectivity index (χ3n) is 5.59. The lowest BCUT2D eigenvalue weighted by atomic mass is 10.0. The SMILES string of the molecule is CCNC(=O)[C@@H](Cc1ccccc1)N(Cc1cccc(C)c1)C(=O)Cc1ccccc1[N+](=O)[O-]. The first kappa shape index (κ1) is 24.6. The third kappa shape index (κ3) is 6.51. The number of carbonyl (C=O) groups excluding carboxylic acids is 2. The van der Waals surface area contributed by atoms with Crippen LogP contribution in [-0.2, 0) is 29.0 Å². The van der Waals surface area contributed by atoms with Gasteiger partial charge in [0.15, 0.2) is 0 Å². The van der Waals surface area contributed by atoms with Crippen molar-refractivity contribution in [2.75, 3.05) is 6.54 Å². The molecule has 0 heterocycles. The number of nitro groups is 1. The molecule has 0 saturated carbocycles. The van der Waals surface area contributed by atoms with E-state index in [0.29, 0.717) is 18.5 Å². The molecule has 0 spiro atoms. The molecule has 0 saturated heterocycles. The van der Waals surface area contributed by atoms with Gasteiger partial charge in [-0.2, -0.15) is 0 Å². The van der Waals surface area contributed by atoms with Crippen LogP contribution in [0.25, 0.3) is 0 Å². The first-order chi connectivity index (χ1) is 16.4. The standard InChI is InChI=1S/C27H29N3O4/c1-3-28-27(32)25(17-21-11-5-4-6-12-21)29(19-22-13-9-10-20(2)16-22)26(31)18-23-14-7-8-15-24(23)30(33)34/h4-16,25H,3,17-19H2,1-2H3,(H,28,32)/t25-/m1/s1. The summed E-state index contributed by atoms with van der Waals surface area (Å²) < 4.78 is 0. The zero-order valence-corrected chi connectivity index (χ0v) is 19.4. The Hall–Kier alpha value is -4.00. The number of amides is 2. The van der Waals surface area contributed by atoms with Crippen molar-refractivity contribution in [3.63, 3.8) is 0 Å². The molecular formula is C27H29N3O4. The van der Waals surface area contributed by atoms with Crippen molar-refractivity contribution in [1.29, 1.82) is 0 Å². The van der Waals surface area contributed by atoms with Gasteiger partial charge in [0.25, 0.3) is 5.69 Å². The number of hydrogen-bond donors (Lipinski definition) is 1. The van der Waals surface area contributed by atoms with E-state index >= 15 is 0 Å². The van der Waals surface area contributed by atoms with E-state index in [-0.39, 0.29) is 30.5 Å². The summed E-state index contributed by atoms with van der Waals surface area (Å²) >= 11 is 0. The van der Waals surface area contributed by atoms with Gasteiger partial charge >= 0.3 is 0 Å². The summed E-state index contributed by atoms with van der Waals surface area (Å²) in [6.07, 6.45) is 0.161. The fourth-order valence-electron chi connectivity index (χ4n) is 3.96. The number of nitrogens with one attached hydrogen (secondary N) is 1. The first-order valence-corrected chi connectivity index (χ1v) is 11.3. The molecule has 176 valence electrons. The molecule has 7 nitrogen and oxygen atoms in total. The van der Waals surface area contributed by atoms with Crippen molar-refractivity contribution in [2.45, 2.75) is 39.3 Å². The van der Waals surface area contributed by atoms with Gasteiger partial charge in [-0.1, -0.05) is 78.4 Å². The Bertz CT molecular complexity index is 1150. The Labute approximate surface area is 199 Å². The van der Waals surface area contributed by atoms with E-state index in [2.05, 4.69) is 5.32 Å². The molecule has 0 radical (unpaired) electrons. The van der Waals surface area contributed by atoms with Crippen LogP contribution in [0, 0.1) is 17.0 Å². The summed E-state index contributed by atoms with van der Waals surface area (Å²) in [6.45, 7) is 4.45. The summed E-state index contributed by atoms with van der Waals surface area (Å²) in [5, 5.41) is 14.3. The molecule has 2 amide bonds. The van der Waals surface area contributed by atoms with E-state index in [1.165, 1.54) is 6.07 Å². The number of hydrogen-bond acceptors (Lipinski definition) is 4. The van der Waals surface area contributed by atoms with E-state index in [9.17, 15) is 19.7 Å². The maximum atomic E-state index is 13.6. The number of likely N-dealkylation sites (N-methyl/N-ethyl adjacent to an activating group) is 1. The lowest BCUT2D eigenvalue weighted by molar-refractivity contribution is -0.385. The molecule has 0 bridgehead atoms. The van der Waals surface area contributed by atoms with Crippen molar-refractivity contribution < 1.29 is 14.5 Å². The van der Waals surface area contributed by atoms with Crippen molar-refractivity contribution in [1.82, 2.24) is 10.2 Å². The van der Waals surface area contributed by atoms with E-state index in [4.69, 9.17) is 0 Å². The second-order valence-electron chi connectivity index (χ2n) is 8.17. The zero-order valence-electron chi connectivity index (χ0n) is 19.4. The van der Waals surface area contributed by atoms with Gasteiger partial charge in [-0.3, -0.25) is 19.7 Å². The van der Waals surface area contributed by atoms with Crippen LogP contribution in [0.2, 0.25) is 0 Å². The minimum Gasteiger partial charge on any atom is -0.355 e. The largest absolute Gasteiger partial charge is 0.355 e. The molecule has 0 fully saturated rings. The Morgan fingerprint density at radius 3 is 2.32 bits per heavy atom. The first-order valence-electron chi connectivity index (χ1n) is 11.3. The number of carbonyl (C=O) groups is 2. The fraction of sp³-hybridized carbons (Fsp3) is 0.259. The number of para-hydroxylation sites is 1. The summed E-state index contributed by atoms with van der Waals surface area (Å²) in [5.74, 6) is -0.599. The monoisotopic (exact) mass is 459 g/mol. The van der Waals surface area contributed by atoms with Gasteiger partial charge in [-0.25, -0.2) is 0 Å². The summed E-state index contributed by atoms with van der Waals surface area (Å²) in [4.78, 5) is 39.3. The maximum Gasteiger partial charge on any atom is 0.273 e. The quantitative estimate of drug-likeness (QED) is 0.363. The molecule has 1 N–H and O–H groups in total. The highest BCUT2D eigenvalue weighted by molar-refractivity contribution is 5.89. The Balaban J connectivity index is 2.00. The molecule has 7 heteroatoms. The average Bonchev–Trinajstić information content (AvgIpc) is 2.82. The molecule has 0 unspecified atom stereocenters. The van der Waals surface area contributed by atoms with Crippen LogP contribution in [0.15, 0.2) is 78.9 Å². The van der Waals surface area contributed by atoms with Gasteiger partial charge < -0.3 is 10.2 Å². The van der Waals surface area contributed by atoms with E-state index in [0.717, 1.165) is 16.7 Å². The summed E-state index contributed by atoms with van der Waals surface area (Å²) in [6, 6.07) is 22.7. The molecule has 3 rings (SSSR count). The lowest BCUT2D eigenvalue weighted by Crippen LogP contribution is -2.51. The molecule has 34 heavy (non-hydrogen) atoms. The smallest absolute Gasteiger partial charge is 0.273 e. The van der Waals surface area contributed by atoms with Gasteiger partial charge in [0.05, 0.1) is 11.3 Å². The highest BCUT2D eigenvalue weighted by atomic mass is 16.6. The van der Waals surface area contributed by atoms with E-state index in [1.807, 2.05) is 68.4 Å². The van der Waals surface area contributed by atoms with Crippen LogP contribution in [0.5, 0.6) is 0 Å². The highest BCUT2D eigenvalue weighted by Crippen LogP contribution is 2.22. The maximum absolute atomic E-state index is 13.6. The Kier molecular flexibility index (Phi) is 8.51. The number of nitrogens with zero attached hydrogens (tertiary/aromatic N) is 2. The zero-order chi connectivity index (χ0) is 24.5. The van der Waals surface area contributed by atoms with E-state index < -0.39 is 11.0 Å². The topological polar surface area (TPSA) is 92.6 Å². The average molecular weight is 460 g/mol. The normalized spacial score (nSPS) is 11.5.